The topological polar surface area (TPSA) is 56.5 Å². The summed E-state index contributed by atoms with van der Waals surface area (Å²) in [6.07, 6.45) is 1.63. The lowest BCUT2D eigenvalue weighted by Crippen LogP contribution is -2.12. The van der Waals surface area contributed by atoms with Crippen molar-refractivity contribution in [1.29, 1.82) is 0 Å². The first kappa shape index (κ1) is 13.9. The Labute approximate surface area is 120 Å². The molecule has 1 aromatic heterocycles. The van der Waals surface area contributed by atoms with Gasteiger partial charge in [0.05, 0.1) is 31.4 Å². The highest BCUT2D eigenvalue weighted by Crippen LogP contribution is 2.36. The third-order valence-corrected chi connectivity index (χ3v) is 3.20. The van der Waals surface area contributed by atoms with Crippen LogP contribution in [0.5, 0.6) is 11.5 Å². The van der Waals surface area contributed by atoms with Crippen LogP contribution in [-0.4, -0.2) is 19.4 Å². The molecule has 0 amide bonds. The summed E-state index contributed by atoms with van der Waals surface area (Å²) < 4.78 is 16.4. The molecule has 102 valence electrons. The molecule has 0 atom stereocenters. The van der Waals surface area contributed by atoms with Gasteiger partial charge in [-0.05, 0) is 33.6 Å². The van der Waals surface area contributed by atoms with Gasteiger partial charge in [-0.3, -0.25) is 0 Å². The standard InChI is InChI=1S/C13H15BrN2O3/c1-17-12-6-9(5-11(14)13(12)18-2)7-15-8-10-3-4-16-19-10/h3-6,15H,7-8H2,1-2H3. The van der Waals surface area contributed by atoms with Crippen LogP contribution in [0.3, 0.4) is 0 Å². The summed E-state index contributed by atoms with van der Waals surface area (Å²) in [5.41, 5.74) is 1.09. The average Bonchev–Trinajstić information content (AvgIpc) is 2.91. The average molecular weight is 327 g/mol. The first-order valence-electron chi connectivity index (χ1n) is 5.75. The zero-order chi connectivity index (χ0) is 13.7. The molecule has 0 radical (unpaired) electrons. The SMILES string of the molecule is COc1cc(CNCc2ccno2)cc(Br)c1OC. The Morgan fingerprint density at radius 3 is 2.74 bits per heavy atom. The zero-order valence-corrected chi connectivity index (χ0v) is 12.4. The third-order valence-electron chi connectivity index (χ3n) is 2.61. The zero-order valence-electron chi connectivity index (χ0n) is 10.8. The summed E-state index contributed by atoms with van der Waals surface area (Å²) >= 11 is 3.47. The highest BCUT2D eigenvalue weighted by molar-refractivity contribution is 9.10. The van der Waals surface area contributed by atoms with Crippen molar-refractivity contribution < 1.29 is 14.0 Å². The van der Waals surface area contributed by atoms with Crippen molar-refractivity contribution in [3.05, 3.63) is 40.2 Å². The molecule has 1 N–H and O–H groups in total. The molecule has 0 aliphatic carbocycles. The second-order valence-electron chi connectivity index (χ2n) is 3.90. The van der Waals surface area contributed by atoms with E-state index >= 15 is 0 Å². The van der Waals surface area contributed by atoms with E-state index in [9.17, 15) is 0 Å². The lowest BCUT2D eigenvalue weighted by atomic mass is 10.2. The normalized spacial score (nSPS) is 10.5. The van der Waals surface area contributed by atoms with Crippen LogP contribution in [0.15, 0.2) is 33.4 Å². The van der Waals surface area contributed by atoms with Gasteiger partial charge >= 0.3 is 0 Å². The third kappa shape index (κ3) is 3.48. The van der Waals surface area contributed by atoms with E-state index < -0.39 is 0 Å². The molecule has 0 spiro atoms. The number of aromatic nitrogens is 1. The lowest BCUT2D eigenvalue weighted by Gasteiger charge is -2.12. The van der Waals surface area contributed by atoms with Gasteiger partial charge in [0.15, 0.2) is 11.5 Å². The molecule has 6 heteroatoms. The summed E-state index contributed by atoms with van der Waals surface area (Å²) in [7, 11) is 3.24. The molecule has 0 bridgehead atoms. The van der Waals surface area contributed by atoms with E-state index in [0.717, 1.165) is 15.8 Å². The van der Waals surface area contributed by atoms with Gasteiger partial charge in [-0.1, -0.05) is 5.16 Å². The molecule has 1 heterocycles. The summed E-state index contributed by atoms with van der Waals surface area (Å²) in [6, 6.07) is 5.77. The Balaban J connectivity index is 2.02. The van der Waals surface area contributed by atoms with Crippen molar-refractivity contribution in [2.24, 2.45) is 0 Å². The number of benzene rings is 1. The van der Waals surface area contributed by atoms with Gasteiger partial charge in [-0.25, -0.2) is 0 Å². The van der Waals surface area contributed by atoms with Crippen LogP contribution in [0.2, 0.25) is 0 Å². The Bertz CT molecular complexity index is 529. The molecule has 0 aliphatic heterocycles. The van der Waals surface area contributed by atoms with Crippen molar-refractivity contribution >= 4 is 15.9 Å². The van der Waals surface area contributed by atoms with Gasteiger partial charge in [0.1, 0.15) is 5.76 Å². The Hall–Kier alpha value is -1.53. The summed E-state index contributed by atoms with van der Waals surface area (Å²) in [6.45, 7) is 1.33. The number of nitrogens with one attached hydrogen (secondary N) is 1. The maximum absolute atomic E-state index is 5.30. The van der Waals surface area contributed by atoms with Crippen LogP contribution in [0.25, 0.3) is 0 Å². The van der Waals surface area contributed by atoms with E-state index in [-0.39, 0.29) is 0 Å². The molecule has 1 aromatic carbocycles. The molecule has 2 aromatic rings. The van der Waals surface area contributed by atoms with E-state index in [2.05, 4.69) is 26.4 Å². The van der Waals surface area contributed by atoms with E-state index in [1.54, 1.807) is 20.4 Å². The minimum atomic E-state index is 0.631. The van der Waals surface area contributed by atoms with Crippen LogP contribution in [-0.2, 0) is 13.1 Å². The Morgan fingerprint density at radius 1 is 1.26 bits per heavy atom. The predicted octanol–water partition coefficient (Wildman–Crippen LogP) is 2.74. The lowest BCUT2D eigenvalue weighted by molar-refractivity contribution is 0.352. The van der Waals surface area contributed by atoms with Crippen molar-refractivity contribution in [3.8, 4) is 11.5 Å². The van der Waals surface area contributed by atoms with Crippen molar-refractivity contribution in [2.45, 2.75) is 13.1 Å². The fraction of sp³-hybridized carbons (Fsp3) is 0.308. The Kier molecular flexibility index (Phi) is 4.81. The molecular weight excluding hydrogens is 312 g/mol. The van der Waals surface area contributed by atoms with Crippen LogP contribution in [0.1, 0.15) is 11.3 Å². The summed E-state index contributed by atoms with van der Waals surface area (Å²) in [4.78, 5) is 0. The number of ether oxygens (including phenoxy) is 2. The van der Waals surface area contributed by atoms with Crippen LogP contribution in [0.4, 0.5) is 0 Å². The maximum Gasteiger partial charge on any atom is 0.174 e. The molecule has 0 fully saturated rings. The number of nitrogens with zero attached hydrogens (tertiary/aromatic N) is 1. The maximum atomic E-state index is 5.30. The highest BCUT2D eigenvalue weighted by Gasteiger charge is 2.10. The van der Waals surface area contributed by atoms with Crippen molar-refractivity contribution in [1.82, 2.24) is 10.5 Å². The monoisotopic (exact) mass is 326 g/mol. The van der Waals surface area contributed by atoms with E-state index in [1.165, 1.54) is 0 Å². The second kappa shape index (κ2) is 6.58. The fourth-order valence-corrected chi connectivity index (χ4v) is 2.39. The number of hydrogen-bond acceptors (Lipinski definition) is 5. The van der Waals surface area contributed by atoms with E-state index in [1.807, 2.05) is 18.2 Å². The summed E-state index contributed by atoms with van der Waals surface area (Å²) in [5.74, 6) is 2.20. The van der Waals surface area contributed by atoms with Gasteiger partial charge in [-0.15, -0.1) is 0 Å². The second-order valence-corrected chi connectivity index (χ2v) is 4.75. The molecular formula is C13H15BrN2O3. The molecule has 19 heavy (non-hydrogen) atoms. The largest absolute Gasteiger partial charge is 0.493 e. The van der Waals surface area contributed by atoms with Crippen LogP contribution >= 0.6 is 15.9 Å². The molecule has 0 unspecified atom stereocenters. The van der Waals surface area contributed by atoms with E-state index in [4.69, 9.17) is 14.0 Å². The van der Waals surface area contributed by atoms with Gasteiger partial charge in [0.25, 0.3) is 0 Å². The molecule has 5 nitrogen and oxygen atoms in total. The van der Waals surface area contributed by atoms with Gasteiger partial charge in [0.2, 0.25) is 0 Å². The molecule has 0 saturated carbocycles. The number of rotatable bonds is 6. The van der Waals surface area contributed by atoms with Gasteiger partial charge in [-0.2, -0.15) is 0 Å². The smallest absolute Gasteiger partial charge is 0.174 e. The molecule has 2 rings (SSSR count). The summed E-state index contributed by atoms with van der Waals surface area (Å²) in [5, 5.41) is 6.92. The first-order valence-corrected chi connectivity index (χ1v) is 6.54. The van der Waals surface area contributed by atoms with Crippen molar-refractivity contribution in [3.63, 3.8) is 0 Å². The molecule has 0 aliphatic rings. The highest BCUT2D eigenvalue weighted by atomic mass is 79.9. The van der Waals surface area contributed by atoms with Crippen LogP contribution < -0.4 is 14.8 Å². The van der Waals surface area contributed by atoms with Gasteiger partial charge < -0.3 is 19.3 Å². The van der Waals surface area contributed by atoms with E-state index in [0.29, 0.717) is 24.6 Å². The number of halogens is 1. The first-order chi connectivity index (χ1) is 9.24. The minimum Gasteiger partial charge on any atom is -0.493 e. The minimum absolute atomic E-state index is 0.631. The number of hydrogen-bond donors (Lipinski definition) is 1. The van der Waals surface area contributed by atoms with Gasteiger partial charge in [0, 0.05) is 12.6 Å². The van der Waals surface area contributed by atoms with Crippen LogP contribution in [0, 0.1) is 0 Å². The number of methoxy groups -OCH3 is 2. The van der Waals surface area contributed by atoms with Crippen molar-refractivity contribution in [2.75, 3.05) is 14.2 Å². The Morgan fingerprint density at radius 2 is 2.11 bits per heavy atom. The predicted molar refractivity (Wildman–Crippen MR) is 74.3 cm³/mol. The quantitative estimate of drug-likeness (QED) is 0.884. The molecule has 0 saturated heterocycles. The fourth-order valence-electron chi connectivity index (χ4n) is 1.74.